The molecule has 1 aliphatic carbocycles. The van der Waals surface area contributed by atoms with E-state index in [0.717, 1.165) is 38.8 Å². The smallest absolute Gasteiger partial charge is 0.0695 e. The van der Waals surface area contributed by atoms with Crippen molar-refractivity contribution in [2.75, 3.05) is 13.1 Å². The van der Waals surface area contributed by atoms with Crippen molar-refractivity contribution in [2.45, 2.75) is 50.9 Å². The quantitative estimate of drug-likeness (QED) is 0.650. The minimum absolute atomic E-state index is 0.160. The largest absolute Gasteiger partial charge is 0.392 e. The molecule has 0 radical (unpaired) electrons. The summed E-state index contributed by atoms with van der Waals surface area (Å²) < 4.78 is 0. The first-order valence-corrected chi connectivity index (χ1v) is 5.77. The zero-order chi connectivity index (χ0) is 10.1. The number of aliphatic hydroxyl groups is 2. The number of piperidine rings is 1. The molecule has 2 rings (SSSR count). The van der Waals surface area contributed by atoms with Crippen LogP contribution in [0.15, 0.2) is 0 Å². The van der Waals surface area contributed by atoms with Crippen LogP contribution in [0.1, 0.15) is 32.6 Å². The van der Waals surface area contributed by atoms with Gasteiger partial charge >= 0.3 is 0 Å². The van der Waals surface area contributed by atoms with Gasteiger partial charge in [-0.25, -0.2) is 0 Å². The molecule has 2 aliphatic rings. The van der Waals surface area contributed by atoms with Gasteiger partial charge in [0.2, 0.25) is 0 Å². The minimum atomic E-state index is -0.188. The van der Waals surface area contributed by atoms with E-state index < -0.39 is 0 Å². The van der Waals surface area contributed by atoms with Crippen molar-refractivity contribution in [3.63, 3.8) is 0 Å². The predicted octanol–water partition coefficient (Wildman–Crippen LogP) is 0.603. The Labute approximate surface area is 85.7 Å². The van der Waals surface area contributed by atoms with Gasteiger partial charge in [-0.3, -0.25) is 4.90 Å². The van der Waals surface area contributed by atoms with Crippen LogP contribution in [0.5, 0.6) is 0 Å². The third-order valence-electron chi connectivity index (χ3n) is 3.58. The van der Waals surface area contributed by atoms with Gasteiger partial charge in [-0.15, -0.1) is 0 Å². The second-order valence-electron chi connectivity index (χ2n) is 5.01. The molecule has 0 unspecified atom stereocenters. The lowest BCUT2D eigenvalue weighted by molar-refractivity contribution is -0.00853. The van der Waals surface area contributed by atoms with Crippen LogP contribution >= 0.6 is 0 Å². The van der Waals surface area contributed by atoms with Crippen molar-refractivity contribution < 1.29 is 10.2 Å². The number of aliphatic hydroxyl groups excluding tert-OH is 2. The van der Waals surface area contributed by atoms with Crippen LogP contribution in [0.2, 0.25) is 0 Å². The highest BCUT2D eigenvalue weighted by Crippen LogP contribution is 2.28. The SMILES string of the molecule is C[C@@H]1C[C@H](O)CN([C@H]2CCC[C@@H]2O)C1. The number of hydrogen-bond donors (Lipinski definition) is 2. The zero-order valence-corrected chi connectivity index (χ0v) is 8.89. The number of hydrogen-bond acceptors (Lipinski definition) is 3. The third-order valence-corrected chi connectivity index (χ3v) is 3.58. The van der Waals surface area contributed by atoms with E-state index in [-0.39, 0.29) is 12.2 Å². The summed E-state index contributed by atoms with van der Waals surface area (Å²) in [6.45, 7) is 3.97. The summed E-state index contributed by atoms with van der Waals surface area (Å²) in [4.78, 5) is 2.29. The standard InChI is InChI=1S/C11H21NO2/c1-8-5-9(13)7-12(6-8)10-3-2-4-11(10)14/h8-11,13-14H,2-7H2,1H3/t8-,9+,10+,11+/m1/s1. The van der Waals surface area contributed by atoms with Crippen molar-refractivity contribution in [3.05, 3.63) is 0 Å². The van der Waals surface area contributed by atoms with Crippen LogP contribution in [0.25, 0.3) is 0 Å². The summed E-state index contributed by atoms with van der Waals surface area (Å²) in [5.74, 6) is 0.562. The van der Waals surface area contributed by atoms with Gasteiger partial charge in [0.05, 0.1) is 12.2 Å². The Morgan fingerprint density at radius 1 is 1.14 bits per heavy atom. The lowest BCUT2D eigenvalue weighted by atomic mass is 9.96. The van der Waals surface area contributed by atoms with Crippen LogP contribution in [0.4, 0.5) is 0 Å². The van der Waals surface area contributed by atoms with E-state index in [1.54, 1.807) is 0 Å². The monoisotopic (exact) mass is 199 g/mol. The number of likely N-dealkylation sites (tertiary alicyclic amines) is 1. The first-order valence-electron chi connectivity index (χ1n) is 5.77. The topological polar surface area (TPSA) is 43.7 Å². The molecule has 3 heteroatoms. The Morgan fingerprint density at radius 2 is 1.93 bits per heavy atom. The summed E-state index contributed by atoms with van der Waals surface area (Å²) in [6, 6.07) is 0.312. The van der Waals surface area contributed by atoms with E-state index in [1.165, 1.54) is 0 Å². The molecule has 0 aromatic heterocycles. The van der Waals surface area contributed by atoms with E-state index in [4.69, 9.17) is 0 Å². The van der Waals surface area contributed by atoms with Crippen molar-refractivity contribution >= 4 is 0 Å². The van der Waals surface area contributed by atoms with Gasteiger partial charge in [0.1, 0.15) is 0 Å². The fourth-order valence-corrected chi connectivity index (χ4v) is 2.98. The molecule has 2 N–H and O–H groups in total. The average molecular weight is 199 g/mol. The molecule has 0 aromatic rings. The molecule has 1 heterocycles. The maximum atomic E-state index is 9.79. The first kappa shape index (κ1) is 10.4. The van der Waals surface area contributed by atoms with Crippen LogP contribution in [-0.2, 0) is 0 Å². The fourth-order valence-electron chi connectivity index (χ4n) is 2.98. The number of nitrogens with zero attached hydrogens (tertiary/aromatic N) is 1. The Balaban J connectivity index is 1.95. The lowest BCUT2D eigenvalue weighted by Crippen LogP contribution is -2.50. The van der Waals surface area contributed by atoms with Crippen LogP contribution < -0.4 is 0 Å². The second kappa shape index (κ2) is 4.17. The van der Waals surface area contributed by atoms with E-state index in [9.17, 15) is 10.2 Å². The van der Waals surface area contributed by atoms with Gasteiger partial charge in [-0.05, 0) is 31.6 Å². The predicted molar refractivity (Wildman–Crippen MR) is 55.0 cm³/mol. The van der Waals surface area contributed by atoms with Crippen molar-refractivity contribution in [1.29, 1.82) is 0 Å². The highest BCUT2D eigenvalue weighted by Gasteiger charge is 2.34. The van der Waals surface area contributed by atoms with Gasteiger partial charge in [0.15, 0.2) is 0 Å². The molecule has 1 saturated heterocycles. The second-order valence-corrected chi connectivity index (χ2v) is 5.01. The lowest BCUT2D eigenvalue weighted by Gasteiger charge is -2.39. The van der Waals surface area contributed by atoms with Gasteiger partial charge in [-0.2, -0.15) is 0 Å². The zero-order valence-electron chi connectivity index (χ0n) is 8.89. The molecular weight excluding hydrogens is 178 g/mol. The summed E-state index contributed by atoms with van der Waals surface area (Å²) in [6.07, 6.45) is 3.73. The summed E-state index contributed by atoms with van der Waals surface area (Å²) in [7, 11) is 0. The fraction of sp³-hybridized carbons (Fsp3) is 1.00. The van der Waals surface area contributed by atoms with Gasteiger partial charge in [0, 0.05) is 19.1 Å². The molecule has 1 saturated carbocycles. The maximum absolute atomic E-state index is 9.79. The number of β-amino-alcohol motifs (C(OH)–C–C–N with tert-alkyl or cyclic N) is 1. The highest BCUT2D eigenvalue weighted by atomic mass is 16.3. The van der Waals surface area contributed by atoms with Crippen LogP contribution in [0.3, 0.4) is 0 Å². The normalized spacial score (nSPS) is 45.6. The molecule has 0 spiro atoms. The minimum Gasteiger partial charge on any atom is -0.392 e. The molecule has 14 heavy (non-hydrogen) atoms. The van der Waals surface area contributed by atoms with Gasteiger partial charge in [-0.1, -0.05) is 6.92 Å². The molecular formula is C11H21NO2. The molecule has 3 nitrogen and oxygen atoms in total. The van der Waals surface area contributed by atoms with E-state index in [2.05, 4.69) is 11.8 Å². The summed E-state index contributed by atoms with van der Waals surface area (Å²) in [5, 5.41) is 19.5. The summed E-state index contributed by atoms with van der Waals surface area (Å²) >= 11 is 0. The molecule has 82 valence electrons. The average Bonchev–Trinajstić information content (AvgIpc) is 2.49. The Bertz CT molecular complexity index is 188. The molecule has 0 amide bonds. The van der Waals surface area contributed by atoms with Crippen LogP contribution in [0, 0.1) is 5.92 Å². The van der Waals surface area contributed by atoms with Crippen LogP contribution in [-0.4, -0.2) is 46.5 Å². The van der Waals surface area contributed by atoms with Crippen molar-refractivity contribution in [1.82, 2.24) is 4.90 Å². The van der Waals surface area contributed by atoms with Crippen molar-refractivity contribution in [2.24, 2.45) is 5.92 Å². The summed E-state index contributed by atoms with van der Waals surface area (Å²) in [5.41, 5.74) is 0. The van der Waals surface area contributed by atoms with Gasteiger partial charge < -0.3 is 10.2 Å². The molecule has 4 atom stereocenters. The van der Waals surface area contributed by atoms with Gasteiger partial charge in [0.25, 0.3) is 0 Å². The molecule has 1 aliphatic heterocycles. The Morgan fingerprint density at radius 3 is 2.50 bits per heavy atom. The maximum Gasteiger partial charge on any atom is 0.0695 e. The van der Waals surface area contributed by atoms with E-state index in [0.29, 0.717) is 12.0 Å². The highest BCUT2D eigenvalue weighted by molar-refractivity contribution is 4.89. The molecule has 2 fully saturated rings. The molecule has 0 bridgehead atoms. The van der Waals surface area contributed by atoms with E-state index >= 15 is 0 Å². The number of rotatable bonds is 1. The Kier molecular flexibility index (Phi) is 3.10. The third kappa shape index (κ3) is 2.10. The Hall–Kier alpha value is -0.120. The molecule has 0 aromatic carbocycles. The van der Waals surface area contributed by atoms with E-state index in [1.807, 2.05) is 0 Å². The first-order chi connectivity index (χ1) is 6.66. The van der Waals surface area contributed by atoms with Crippen molar-refractivity contribution in [3.8, 4) is 0 Å².